The number of benzene rings is 9. The van der Waals surface area contributed by atoms with E-state index in [-0.39, 0.29) is 0 Å². The number of rotatable bonds is 4. The Balaban J connectivity index is 1.07. The maximum atomic E-state index is 4.65. The van der Waals surface area contributed by atoms with E-state index in [0.29, 0.717) is 0 Å². The Morgan fingerprint density at radius 3 is 1.52 bits per heavy atom. The first-order valence-corrected chi connectivity index (χ1v) is 17.2. The van der Waals surface area contributed by atoms with Crippen molar-refractivity contribution in [3.8, 4) is 44.6 Å². The maximum absolute atomic E-state index is 4.65. The molecule has 0 bridgehead atoms. The second kappa shape index (κ2) is 11.5. The number of nitrogens with zero attached hydrogens (tertiary/aromatic N) is 1. The second-order valence-corrected chi connectivity index (χ2v) is 13.2. The van der Waals surface area contributed by atoms with E-state index in [1.807, 2.05) is 12.3 Å². The molecular weight excluding hydrogens is 603 g/mol. The van der Waals surface area contributed by atoms with Gasteiger partial charge >= 0.3 is 0 Å². The van der Waals surface area contributed by atoms with Gasteiger partial charge in [0.15, 0.2) is 0 Å². The Labute approximate surface area is 290 Å². The molecule has 0 N–H and O–H groups in total. The molecule has 0 radical (unpaired) electrons. The highest BCUT2D eigenvalue weighted by Gasteiger charge is 2.13. The molecule has 0 aliphatic heterocycles. The lowest BCUT2D eigenvalue weighted by molar-refractivity contribution is 1.33. The van der Waals surface area contributed by atoms with Gasteiger partial charge in [-0.1, -0.05) is 140 Å². The van der Waals surface area contributed by atoms with E-state index in [2.05, 4.69) is 181 Å². The van der Waals surface area contributed by atoms with Crippen molar-refractivity contribution in [3.05, 3.63) is 188 Å². The fraction of sp³-hybridized carbons (Fsp3) is 0. The summed E-state index contributed by atoms with van der Waals surface area (Å²) < 4.78 is 0. The van der Waals surface area contributed by atoms with Crippen LogP contribution in [0.4, 0.5) is 0 Å². The SMILES string of the molecule is c1ccc(-c2ccc3c4ccccc4c4ccc(-c5cccc(-c6ccc7cc(-c8cccc9ccccc89)ccc7c6)c5)cc4c3c2)nc1. The van der Waals surface area contributed by atoms with Gasteiger partial charge in [0.05, 0.1) is 5.69 Å². The molecule has 1 aromatic heterocycles. The van der Waals surface area contributed by atoms with E-state index in [9.17, 15) is 0 Å². The van der Waals surface area contributed by atoms with Crippen molar-refractivity contribution >= 4 is 53.9 Å². The molecule has 1 nitrogen and oxygen atoms in total. The molecule has 10 aromatic rings. The summed E-state index contributed by atoms with van der Waals surface area (Å²) in [4.78, 5) is 4.65. The van der Waals surface area contributed by atoms with Crippen LogP contribution in [0.25, 0.3) is 98.5 Å². The molecule has 0 saturated heterocycles. The summed E-state index contributed by atoms with van der Waals surface area (Å²) in [5.41, 5.74) is 9.47. The Hall–Kier alpha value is -6.57. The average Bonchev–Trinajstić information content (AvgIpc) is 3.20. The third-order valence-electron chi connectivity index (χ3n) is 10.3. The molecule has 9 aromatic carbocycles. The number of hydrogen-bond donors (Lipinski definition) is 0. The highest BCUT2D eigenvalue weighted by atomic mass is 14.7. The molecule has 0 fully saturated rings. The van der Waals surface area contributed by atoms with Crippen LogP contribution < -0.4 is 0 Å². The number of pyridine rings is 1. The van der Waals surface area contributed by atoms with Gasteiger partial charge in [0.2, 0.25) is 0 Å². The van der Waals surface area contributed by atoms with Crippen molar-refractivity contribution in [1.82, 2.24) is 4.98 Å². The van der Waals surface area contributed by atoms with Crippen LogP contribution in [-0.2, 0) is 0 Å². The Kier molecular flexibility index (Phi) is 6.57. The molecule has 1 heteroatoms. The standard InChI is InChI=1S/C49H31N/c1-2-13-41-32(9-1)10-8-16-42(41)39-21-20-36-28-35(18-19-37(36)29-39)33-11-7-12-34(27-33)38-22-24-45-43-14-3-4-15-44(43)46-25-23-40(31-48(46)47(45)30-38)49-17-5-6-26-50-49/h1-31H. The monoisotopic (exact) mass is 633 g/mol. The van der Waals surface area contributed by atoms with E-state index in [4.69, 9.17) is 0 Å². The third-order valence-corrected chi connectivity index (χ3v) is 10.3. The number of fused-ring (bicyclic) bond motifs is 8. The summed E-state index contributed by atoms with van der Waals surface area (Å²) in [5, 5.41) is 12.6. The van der Waals surface area contributed by atoms with E-state index in [1.54, 1.807) is 0 Å². The van der Waals surface area contributed by atoms with Gasteiger partial charge in [-0.2, -0.15) is 0 Å². The third kappa shape index (κ3) is 4.75. The summed E-state index contributed by atoms with van der Waals surface area (Å²) in [6.07, 6.45) is 1.86. The van der Waals surface area contributed by atoms with Gasteiger partial charge in [0.1, 0.15) is 0 Å². The van der Waals surface area contributed by atoms with Crippen LogP contribution in [0.5, 0.6) is 0 Å². The van der Waals surface area contributed by atoms with Gasteiger partial charge in [-0.3, -0.25) is 4.98 Å². The second-order valence-electron chi connectivity index (χ2n) is 13.2. The van der Waals surface area contributed by atoms with Crippen LogP contribution in [0.3, 0.4) is 0 Å². The van der Waals surface area contributed by atoms with Gasteiger partial charge in [0.25, 0.3) is 0 Å². The van der Waals surface area contributed by atoms with Crippen LogP contribution in [0.2, 0.25) is 0 Å². The van der Waals surface area contributed by atoms with Crippen LogP contribution in [0.15, 0.2) is 188 Å². The highest BCUT2D eigenvalue weighted by Crippen LogP contribution is 2.39. The molecule has 0 unspecified atom stereocenters. The number of aromatic nitrogens is 1. The van der Waals surface area contributed by atoms with Crippen LogP contribution in [0.1, 0.15) is 0 Å². The molecule has 0 saturated carbocycles. The average molecular weight is 634 g/mol. The summed E-state index contributed by atoms with van der Waals surface area (Å²) in [5.74, 6) is 0. The quantitative estimate of drug-likeness (QED) is 0.176. The predicted octanol–water partition coefficient (Wildman–Crippen LogP) is 13.5. The number of hydrogen-bond acceptors (Lipinski definition) is 1. The minimum Gasteiger partial charge on any atom is -0.256 e. The van der Waals surface area contributed by atoms with Crippen molar-refractivity contribution < 1.29 is 0 Å². The minimum atomic E-state index is 0.986. The fourth-order valence-corrected chi connectivity index (χ4v) is 7.78. The van der Waals surface area contributed by atoms with Crippen molar-refractivity contribution in [2.45, 2.75) is 0 Å². The topological polar surface area (TPSA) is 12.9 Å². The normalized spacial score (nSPS) is 11.6. The maximum Gasteiger partial charge on any atom is 0.0702 e. The summed E-state index contributed by atoms with van der Waals surface area (Å²) in [6.45, 7) is 0. The van der Waals surface area contributed by atoms with E-state index in [1.165, 1.54) is 87.2 Å². The first-order valence-electron chi connectivity index (χ1n) is 17.2. The summed E-state index contributed by atoms with van der Waals surface area (Å²) in [6, 6.07) is 66.4. The Morgan fingerprint density at radius 1 is 0.260 bits per heavy atom. The molecule has 50 heavy (non-hydrogen) atoms. The predicted molar refractivity (Wildman–Crippen MR) is 214 cm³/mol. The van der Waals surface area contributed by atoms with Crippen LogP contribution in [-0.4, -0.2) is 4.98 Å². The van der Waals surface area contributed by atoms with Gasteiger partial charge in [-0.25, -0.2) is 0 Å². The fourth-order valence-electron chi connectivity index (χ4n) is 7.78. The van der Waals surface area contributed by atoms with Gasteiger partial charge < -0.3 is 0 Å². The smallest absolute Gasteiger partial charge is 0.0702 e. The largest absolute Gasteiger partial charge is 0.256 e. The van der Waals surface area contributed by atoms with Gasteiger partial charge in [-0.05, 0) is 130 Å². The lowest BCUT2D eigenvalue weighted by Gasteiger charge is -2.14. The van der Waals surface area contributed by atoms with Crippen molar-refractivity contribution in [2.75, 3.05) is 0 Å². The Bertz CT molecular complexity index is 2910. The molecule has 10 rings (SSSR count). The van der Waals surface area contributed by atoms with Crippen LogP contribution >= 0.6 is 0 Å². The van der Waals surface area contributed by atoms with E-state index < -0.39 is 0 Å². The van der Waals surface area contributed by atoms with Crippen LogP contribution in [0, 0.1) is 0 Å². The summed E-state index contributed by atoms with van der Waals surface area (Å²) in [7, 11) is 0. The Morgan fingerprint density at radius 2 is 0.780 bits per heavy atom. The zero-order valence-electron chi connectivity index (χ0n) is 27.3. The summed E-state index contributed by atoms with van der Waals surface area (Å²) >= 11 is 0. The van der Waals surface area contributed by atoms with Gasteiger partial charge in [0, 0.05) is 11.8 Å². The molecule has 232 valence electrons. The molecule has 0 aliphatic rings. The lowest BCUT2D eigenvalue weighted by atomic mass is 9.90. The van der Waals surface area contributed by atoms with Crippen molar-refractivity contribution in [2.24, 2.45) is 0 Å². The molecule has 0 spiro atoms. The van der Waals surface area contributed by atoms with E-state index >= 15 is 0 Å². The van der Waals surface area contributed by atoms with Crippen molar-refractivity contribution in [1.29, 1.82) is 0 Å². The van der Waals surface area contributed by atoms with Crippen molar-refractivity contribution in [3.63, 3.8) is 0 Å². The minimum absolute atomic E-state index is 0.986. The molecule has 1 heterocycles. The first kappa shape index (κ1) is 28.4. The highest BCUT2D eigenvalue weighted by molar-refractivity contribution is 6.26. The van der Waals surface area contributed by atoms with Gasteiger partial charge in [-0.15, -0.1) is 0 Å². The lowest BCUT2D eigenvalue weighted by Crippen LogP contribution is -1.88. The molecule has 0 aliphatic carbocycles. The van der Waals surface area contributed by atoms with E-state index in [0.717, 1.165) is 11.3 Å². The zero-order chi connectivity index (χ0) is 33.0. The molecule has 0 amide bonds. The zero-order valence-corrected chi connectivity index (χ0v) is 27.3. The molecular formula is C49H31N. The molecule has 0 atom stereocenters. The first-order chi connectivity index (χ1) is 24.8.